The first kappa shape index (κ1) is 7.59. The van der Waals surface area contributed by atoms with E-state index in [4.69, 9.17) is 10.8 Å². The predicted octanol–water partition coefficient (Wildman–Crippen LogP) is -0.142. The molecule has 5 nitrogen and oxygen atoms in total. The second kappa shape index (κ2) is 2.61. The Morgan fingerprint density at radius 2 is 2.55 bits per heavy atom. The van der Waals surface area contributed by atoms with Gasteiger partial charge < -0.3 is 15.4 Å². The molecule has 0 amide bonds. The number of carboxylic acids is 1. The van der Waals surface area contributed by atoms with Gasteiger partial charge in [-0.25, -0.2) is 4.98 Å². The molecule has 0 radical (unpaired) electrons. The minimum Gasteiger partial charge on any atom is -0.480 e. The van der Waals surface area contributed by atoms with Crippen molar-refractivity contribution in [2.24, 2.45) is 0 Å². The molecule has 1 aromatic heterocycles. The zero-order chi connectivity index (χ0) is 8.43. The summed E-state index contributed by atoms with van der Waals surface area (Å²) in [6.45, 7) is 1.62. The lowest BCUT2D eigenvalue weighted by Crippen LogP contribution is -2.08. The lowest BCUT2D eigenvalue weighted by atomic mass is 10.6. The van der Waals surface area contributed by atoms with E-state index >= 15 is 0 Å². The van der Waals surface area contributed by atoms with E-state index in [1.165, 1.54) is 10.8 Å². The highest BCUT2D eigenvalue weighted by molar-refractivity contribution is 5.66. The molecule has 1 aromatic rings. The third-order valence-electron chi connectivity index (χ3n) is 1.30. The monoisotopic (exact) mass is 155 g/mol. The molecule has 0 aliphatic carbocycles. The van der Waals surface area contributed by atoms with Gasteiger partial charge in [-0.3, -0.25) is 4.79 Å². The fraction of sp³-hybridized carbons (Fsp3) is 0.333. The molecule has 0 fully saturated rings. The van der Waals surface area contributed by atoms with E-state index in [-0.39, 0.29) is 6.54 Å². The zero-order valence-corrected chi connectivity index (χ0v) is 6.11. The standard InChI is InChI=1S/C6H9N3O2/c1-4-8-5(7)2-9(4)3-6(10)11/h2H,3,7H2,1H3,(H,10,11). The summed E-state index contributed by atoms with van der Waals surface area (Å²) in [5, 5.41) is 8.41. The molecule has 0 saturated heterocycles. The van der Waals surface area contributed by atoms with Crippen LogP contribution in [0, 0.1) is 6.92 Å². The van der Waals surface area contributed by atoms with Crippen LogP contribution in [0.15, 0.2) is 6.20 Å². The predicted molar refractivity (Wildman–Crippen MR) is 39.0 cm³/mol. The van der Waals surface area contributed by atoms with Gasteiger partial charge in [0.1, 0.15) is 18.2 Å². The molecule has 1 heterocycles. The van der Waals surface area contributed by atoms with Gasteiger partial charge in [0.25, 0.3) is 0 Å². The number of carboxylic acid groups (broad SMARTS) is 1. The summed E-state index contributed by atoms with van der Waals surface area (Å²) < 4.78 is 1.48. The number of anilines is 1. The Hall–Kier alpha value is -1.52. The van der Waals surface area contributed by atoms with E-state index in [0.717, 1.165) is 0 Å². The van der Waals surface area contributed by atoms with E-state index in [1.54, 1.807) is 6.92 Å². The summed E-state index contributed by atoms with van der Waals surface area (Å²) in [6, 6.07) is 0. The molecule has 3 N–H and O–H groups in total. The third-order valence-corrected chi connectivity index (χ3v) is 1.30. The summed E-state index contributed by atoms with van der Waals surface area (Å²) in [7, 11) is 0. The van der Waals surface area contributed by atoms with Crippen LogP contribution in [0.5, 0.6) is 0 Å². The zero-order valence-electron chi connectivity index (χ0n) is 6.11. The molecule has 0 atom stereocenters. The van der Waals surface area contributed by atoms with Crippen molar-refractivity contribution in [3.05, 3.63) is 12.0 Å². The van der Waals surface area contributed by atoms with Crippen molar-refractivity contribution in [1.82, 2.24) is 9.55 Å². The quantitative estimate of drug-likeness (QED) is 0.622. The Bertz CT molecular complexity index is 279. The Morgan fingerprint density at radius 1 is 1.91 bits per heavy atom. The number of hydrogen-bond donors (Lipinski definition) is 2. The number of nitrogen functional groups attached to an aromatic ring is 1. The molecule has 60 valence electrons. The van der Waals surface area contributed by atoms with Crippen LogP contribution in [0.2, 0.25) is 0 Å². The molecule has 11 heavy (non-hydrogen) atoms. The summed E-state index contributed by atoms with van der Waals surface area (Å²) in [5.74, 6) is 0.0687. The second-order valence-corrected chi connectivity index (χ2v) is 2.23. The number of nitrogens with two attached hydrogens (primary N) is 1. The minimum atomic E-state index is -0.898. The van der Waals surface area contributed by atoms with E-state index in [9.17, 15) is 4.79 Å². The van der Waals surface area contributed by atoms with Crippen LogP contribution in [-0.4, -0.2) is 20.6 Å². The molecular formula is C6H9N3O2. The number of rotatable bonds is 2. The van der Waals surface area contributed by atoms with Crippen LogP contribution in [0.3, 0.4) is 0 Å². The van der Waals surface area contributed by atoms with E-state index in [0.29, 0.717) is 11.6 Å². The highest BCUT2D eigenvalue weighted by atomic mass is 16.4. The van der Waals surface area contributed by atoms with Crippen LogP contribution >= 0.6 is 0 Å². The number of hydrogen-bond acceptors (Lipinski definition) is 3. The lowest BCUT2D eigenvalue weighted by Gasteiger charge is -1.97. The number of imidazole rings is 1. The maximum atomic E-state index is 10.2. The van der Waals surface area contributed by atoms with E-state index in [1.807, 2.05) is 0 Å². The van der Waals surface area contributed by atoms with Gasteiger partial charge in [-0.1, -0.05) is 0 Å². The van der Waals surface area contributed by atoms with E-state index < -0.39 is 5.97 Å². The van der Waals surface area contributed by atoms with Crippen molar-refractivity contribution >= 4 is 11.8 Å². The van der Waals surface area contributed by atoms with Crippen LogP contribution in [0.4, 0.5) is 5.82 Å². The molecule has 0 aliphatic heterocycles. The molecule has 5 heteroatoms. The minimum absolute atomic E-state index is 0.0873. The summed E-state index contributed by atoms with van der Waals surface area (Å²) >= 11 is 0. The summed E-state index contributed by atoms with van der Waals surface area (Å²) in [6.07, 6.45) is 1.50. The van der Waals surface area contributed by atoms with Gasteiger partial charge >= 0.3 is 5.97 Å². The smallest absolute Gasteiger partial charge is 0.323 e. The van der Waals surface area contributed by atoms with Gasteiger partial charge in [-0.05, 0) is 6.92 Å². The van der Waals surface area contributed by atoms with Crippen molar-refractivity contribution in [3.8, 4) is 0 Å². The largest absolute Gasteiger partial charge is 0.480 e. The van der Waals surface area contributed by atoms with Crippen molar-refractivity contribution in [2.45, 2.75) is 13.5 Å². The first-order valence-electron chi connectivity index (χ1n) is 3.10. The highest BCUT2D eigenvalue weighted by Crippen LogP contribution is 2.02. The van der Waals surface area contributed by atoms with Crippen molar-refractivity contribution < 1.29 is 9.90 Å². The summed E-state index contributed by atoms with van der Waals surface area (Å²) in [5.41, 5.74) is 5.33. The van der Waals surface area contributed by atoms with Crippen molar-refractivity contribution in [3.63, 3.8) is 0 Å². The number of nitrogens with zero attached hydrogens (tertiary/aromatic N) is 2. The van der Waals surface area contributed by atoms with Crippen LogP contribution in [0.1, 0.15) is 5.82 Å². The fourth-order valence-electron chi connectivity index (χ4n) is 0.839. The Kier molecular flexibility index (Phi) is 1.80. The average molecular weight is 155 g/mol. The molecule has 0 spiro atoms. The highest BCUT2D eigenvalue weighted by Gasteiger charge is 2.03. The first-order valence-corrected chi connectivity index (χ1v) is 3.10. The molecule has 0 aromatic carbocycles. The molecule has 1 rings (SSSR count). The topological polar surface area (TPSA) is 81.1 Å². The lowest BCUT2D eigenvalue weighted by molar-refractivity contribution is -0.137. The number of aromatic nitrogens is 2. The van der Waals surface area contributed by atoms with E-state index in [2.05, 4.69) is 4.98 Å². The molecule has 0 unspecified atom stereocenters. The maximum absolute atomic E-state index is 10.2. The molecule has 0 saturated carbocycles. The van der Waals surface area contributed by atoms with Crippen LogP contribution < -0.4 is 5.73 Å². The van der Waals surface area contributed by atoms with Crippen LogP contribution in [-0.2, 0) is 11.3 Å². The Morgan fingerprint density at radius 3 is 2.91 bits per heavy atom. The maximum Gasteiger partial charge on any atom is 0.323 e. The molecule has 0 bridgehead atoms. The summed E-state index contributed by atoms with van der Waals surface area (Å²) in [4.78, 5) is 14.1. The van der Waals surface area contributed by atoms with Gasteiger partial charge in [-0.2, -0.15) is 0 Å². The van der Waals surface area contributed by atoms with Gasteiger partial charge in [0.05, 0.1) is 0 Å². The van der Waals surface area contributed by atoms with Gasteiger partial charge in [0.2, 0.25) is 0 Å². The number of carbonyl (C=O) groups is 1. The normalized spacial score (nSPS) is 9.91. The van der Waals surface area contributed by atoms with Crippen molar-refractivity contribution in [1.29, 1.82) is 0 Å². The van der Waals surface area contributed by atoms with Crippen LogP contribution in [0.25, 0.3) is 0 Å². The van der Waals surface area contributed by atoms with Crippen molar-refractivity contribution in [2.75, 3.05) is 5.73 Å². The van der Waals surface area contributed by atoms with Gasteiger partial charge in [0.15, 0.2) is 0 Å². The Labute approximate surface area is 63.5 Å². The van der Waals surface area contributed by atoms with Gasteiger partial charge in [0, 0.05) is 6.20 Å². The second-order valence-electron chi connectivity index (χ2n) is 2.23. The third kappa shape index (κ3) is 1.70. The molecule has 0 aliphatic rings. The first-order chi connectivity index (χ1) is 5.09. The number of aliphatic carboxylic acids is 1. The fourth-order valence-corrected chi connectivity index (χ4v) is 0.839. The van der Waals surface area contributed by atoms with Gasteiger partial charge in [-0.15, -0.1) is 0 Å². The SMILES string of the molecule is Cc1nc(N)cn1CC(=O)O. The Balaban J connectivity index is 2.85. The molecular weight excluding hydrogens is 146 g/mol. The average Bonchev–Trinajstić information content (AvgIpc) is 2.09. The number of aryl methyl sites for hydroxylation is 1.